The molecule has 5 N–H and O–H groups in total. The maximum Gasteiger partial charge on any atom is 0.132 e. The molecule has 1 heterocycles. The van der Waals surface area contributed by atoms with Crippen LogP contribution in [0.1, 0.15) is 46.8 Å². The second kappa shape index (κ2) is 10.8. The SMILES string of the molecule is CS[C@H]1O[C@@H](c2ccc(C)c(Cc3ccc(CCCCN)cc3)c2)[C@H](O)[C@@H](O)[C@@H]1O. The number of thioether (sulfide) groups is 1. The molecule has 30 heavy (non-hydrogen) atoms. The lowest BCUT2D eigenvalue weighted by Gasteiger charge is -2.40. The van der Waals surface area contributed by atoms with Crippen LogP contribution in [0.2, 0.25) is 0 Å². The van der Waals surface area contributed by atoms with E-state index in [0.29, 0.717) is 0 Å². The number of benzene rings is 2. The van der Waals surface area contributed by atoms with Crippen LogP contribution < -0.4 is 5.73 Å². The zero-order valence-corrected chi connectivity index (χ0v) is 18.5. The fraction of sp³-hybridized carbons (Fsp3) is 0.500. The molecule has 164 valence electrons. The highest BCUT2D eigenvalue weighted by Gasteiger charge is 2.44. The molecule has 1 saturated heterocycles. The average Bonchev–Trinajstić information content (AvgIpc) is 2.75. The van der Waals surface area contributed by atoms with E-state index in [1.54, 1.807) is 0 Å². The number of aryl methyl sites for hydroxylation is 2. The fourth-order valence-electron chi connectivity index (χ4n) is 3.89. The highest BCUT2D eigenvalue weighted by molar-refractivity contribution is 7.99. The normalized spacial score (nSPS) is 26.7. The molecule has 0 radical (unpaired) electrons. The highest BCUT2D eigenvalue weighted by atomic mass is 32.2. The van der Waals surface area contributed by atoms with Crippen molar-refractivity contribution in [2.45, 2.75) is 62.5 Å². The summed E-state index contributed by atoms with van der Waals surface area (Å²) in [6.07, 6.45) is 1.60. The zero-order valence-electron chi connectivity index (χ0n) is 17.7. The highest BCUT2D eigenvalue weighted by Crippen LogP contribution is 2.36. The van der Waals surface area contributed by atoms with E-state index >= 15 is 0 Å². The van der Waals surface area contributed by atoms with Crippen LogP contribution >= 0.6 is 11.8 Å². The van der Waals surface area contributed by atoms with Crippen molar-refractivity contribution in [1.29, 1.82) is 0 Å². The summed E-state index contributed by atoms with van der Waals surface area (Å²) in [5.41, 5.74) is 10.7. The Labute approximate surface area is 183 Å². The fourth-order valence-corrected chi connectivity index (χ4v) is 4.56. The molecule has 0 spiro atoms. The Hall–Kier alpha value is -1.41. The minimum absolute atomic E-state index is 0.579. The molecule has 1 aliphatic rings. The molecule has 2 aromatic carbocycles. The second-order valence-electron chi connectivity index (χ2n) is 8.06. The molecule has 1 aliphatic heterocycles. The molecule has 5 nitrogen and oxygen atoms in total. The van der Waals surface area contributed by atoms with Gasteiger partial charge in [-0.25, -0.2) is 0 Å². The summed E-state index contributed by atoms with van der Waals surface area (Å²) in [4.78, 5) is 0. The third-order valence-electron chi connectivity index (χ3n) is 5.84. The van der Waals surface area contributed by atoms with Crippen LogP contribution in [-0.2, 0) is 17.6 Å². The lowest BCUT2D eigenvalue weighted by atomic mass is 9.91. The van der Waals surface area contributed by atoms with Gasteiger partial charge in [0.1, 0.15) is 29.9 Å². The molecule has 0 amide bonds. The van der Waals surface area contributed by atoms with Gasteiger partial charge in [-0.2, -0.15) is 0 Å². The third kappa shape index (κ3) is 5.44. The quantitative estimate of drug-likeness (QED) is 0.480. The monoisotopic (exact) mass is 431 g/mol. The van der Waals surface area contributed by atoms with Crippen LogP contribution in [0, 0.1) is 6.92 Å². The number of ether oxygens (including phenoxy) is 1. The number of aliphatic hydroxyl groups is 3. The molecule has 3 rings (SSSR count). The smallest absolute Gasteiger partial charge is 0.132 e. The van der Waals surface area contributed by atoms with Gasteiger partial charge in [0.05, 0.1) is 0 Å². The van der Waals surface area contributed by atoms with Crippen molar-refractivity contribution in [2.75, 3.05) is 12.8 Å². The Kier molecular flexibility index (Phi) is 8.34. The van der Waals surface area contributed by atoms with Crippen molar-refractivity contribution < 1.29 is 20.1 Å². The first-order valence-corrected chi connectivity index (χ1v) is 11.8. The van der Waals surface area contributed by atoms with E-state index in [0.717, 1.165) is 48.9 Å². The van der Waals surface area contributed by atoms with Gasteiger partial charge in [0.2, 0.25) is 0 Å². The molecular weight excluding hydrogens is 398 g/mol. The number of rotatable bonds is 8. The van der Waals surface area contributed by atoms with Gasteiger partial charge in [-0.1, -0.05) is 42.5 Å². The topological polar surface area (TPSA) is 95.9 Å². The minimum Gasteiger partial charge on any atom is -0.387 e. The summed E-state index contributed by atoms with van der Waals surface area (Å²) in [7, 11) is 0. The van der Waals surface area contributed by atoms with E-state index in [4.69, 9.17) is 10.5 Å². The van der Waals surface area contributed by atoms with Gasteiger partial charge in [0.15, 0.2) is 0 Å². The summed E-state index contributed by atoms with van der Waals surface area (Å²) < 4.78 is 5.92. The minimum atomic E-state index is -1.24. The maximum atomic E-state index is 10.5. The van der Waals surface area contributed by atoms with Gasteiger partial charge in [0, 0.05) is 0 Å². The van der Waals surface area contributed by atoms with Crippen molar-refractivity contribution in [3.63, 3.8) is 0 Å². The second-order valence-corrected chi connectivity index (χ2v) is 8.99. The molecule has 0 aliphatic carbocycles. The van der Waals surface area contributed by atoms with Gasteiger partial charge in [-0.15, -0.1) is 11.8 Å². The summed E-state index contributed by atoms with van der Waals surface area (Å²) in [6.45, 7) is 2.81. The van der Waals surface area contributed by atoms with Crippen LogP contribution in [-0.4, -0.2) is 51.9 Å². The molecule has 0 unspecified atom stereocenters. The Morgan fingerprint density at radius 1 is 0.933 bits per heavy atom. The molecular formula is C24H33NO4S. The van der Waals surface area contributed by atoms with Gasteiger partial charge in [-0.05, 0) is 73.2 Å². The Morgan fingerprint density at radius 2 is 1.63 bits per heavy atom. The number of unbranched alkanes of at least 4 members (excludes halogenated alkanes) is 1. The largest absolute Gasteiger partial charge is 0.387 e. The number of aliphatic hydroxyl groups excluding tert-OH is 3. The van der Waals surface area contributed by atoms with E-state index in [1.807, 2.05) is 24.5 Å². The molecule has 6 heteroatoms. The molecule has 5 atom stereocenters. The maximum absolute atomic E-state index is 10.5. The predicted octanol–water partition coefficient (Wildman–Crippen LogP) is 2.71. The molecule has 0 saturated carbocycles. The molecule has 1 fully saturated rings. The van der Waals surface area contributed by atoms with Crippen LogP contribution in [0.3, 0.4) is 0 Å². The van der Waals surface area contributed by atoms with Crippen LogP contribution in [0.15, 0.2) is 42.5 Å². The standard InChI is InChI=1S/C24H33NO4S/c1-15-6-11-18(23-21(27)20(26)22(28)24(29-23)30-2)14-19(15)13-17-9-7-16(8-10-17)5-3-4-12-25/h6-11,14,20-24,26-28H,3-5,12-13,25H2,1-2H3/t20-,21-,22+,23+,24-/m1/s1. The average molecular weight is 432 g/mol. The van der Waals surface area contributed by atoms with Crippen molar-refractivity contribution in [3.05, 3.63) is 70.3 Å². The summed E-state index contributed by atoms with van der Waals surface area (Å²) in [5.74, 6) is 0. The van der Waals surface area contributed by atoms with Crippen LogP contribution in [0.25, 0.3) is 0 Å². The first-order chi connectivity index (χ1) is 14.4. The molecule has 0 bridgehead atoms. The van der Waals surface area contributed by atoms with Crippen molar-refractivity contribution >= 4 is 11.8 Å². The molecule has 2 aromatic rings. The lowest BCUT2D eigenvalue weighted by Crippen LogP contribution is -2.52. The van der Waals surface area contributed by atoms with Gasteiger partial charge in [0.25, 0.3) is 0 Å². The van der Waals surface area contributed by atoms with E-state index in [-0.39, 0.29) is 0 Å². The first-order valence-electron chi connectivity index (χ1n) is 10.5. The number of hydrogen-bond donors (Lipinski definition) is 4. The Balaban J connectivity index is 1.75. The van der Waals surface area contributed by atoms with E-state index in [9.17, 15) is 15.3 Å². The summed E-state index contributed by atoms with van der Waals surface area (Å²) in [6, 6.07) is 14.7. The van der Waals surface area contributed by atoms with Gasteiger partial charge >= 0.3 is 0 Å². The Bertz CT molecular complexity index is 811. The number of nitrogens with two attached hydrogens (primary N) is 1. The van der Waals surface area contributed by atoms with Crippen molar-refractivity contribution in [1.82, 2.24) is 0 Å². The molecule has 0 aromatic heterocycles. The predicted molar refractivity (Wildman–Crippen MR) is 122 cm³/mol. The van der Waals surface area contributed by atoms with Crippen LogP contribution in [0.4, 0.5) is 0 Å². The zero-order chi connectivity index (χ0) is 21.7. The summed E-state index contributed by atoms with van der Waals surface area (Å²) in [5, 5.41) is 30.8. The first kappa shape index (κ1) is 23.3. The third-order valence-corrected chi connectivity index (χ3v) is 6.70. The summed E-state index contributed by atoms with van der Waals surface area (Å²) >= 11 is 1.33. The van der Waals surface area contributed by atoms with Gasteiger partial charge < -0.3 is 25.8 Å². The van der Waals surface area contributed by atoms with Crippen molar-refractivity contribution in [2.24, 2.45) is 5.73 Å². The van der Waals surface area contributed by atoms with Crippen molar-refractivity contribution in [3.8, 4) is 0 Å². The number of hydrogen-bond acceptors (Lipinski definition) is 6. The van der Waals surface area contributed by atoms with E-state index in [2.05, 4.69) is 31.2 Å². The Morgan fingerprint density at radius 3 is 2.30 bits per heavy atom. The van der Waals surface area contributed by atoms with Gasteiger partial charge in [-0.3, -0.25) is 0 Å². The van der Waals surface area contributed by atoms with E-state index in [1.165, 1.54) is 22.9 Å². The van der Waals surface area contributed by atoms with Crippen LogP contribution in [0.5, 0.6) is 0 Å². The lowest BCUT2D eigenvalue weighted by molar-refractivity contribution is -0.200. The van der Waals surface area contributed by atoms with E-state index < -0.39 is 29.9 Å².